The van der Waals surface area contributed by atoms with Crippen molar-refractivity contribution in [2.24, 2.45) is 0 Å². The van der Waals surface area contributed by atoms with Gasteiger partial charge in [-0.1, -0.05) is 167 Å². The van der Waals surface area contributed by atoms with Gasteiger partial charge in [0.1, 0.15) is 19.8 Å². The molecule has 0 aliphatic heterocycles. The molecule has 0 aliphatic rings. The maximum atomic E-state index is 12.7. The van der Waals surface area contributed by atoms with E-state index in [1.807, 2.05) is 21.1 Å². The second kappa shape index (κ2) is 37.3. The average Bonchev–Trinajstić information content (AvgIpc) is 3.12. The van der Waals surface area contributed by atoms with Gasteiger partial charge >= 0.3 is 11.9 Å². The van der Waals surface area contributed by atoms with Gasteiger partial charge in [-0.25, -0.2) is 0 Å². The molecule has 2 atom stereocenters. The van der Waals surface area contributed by atoms with Crippen molar-refractivity contribution in [2.75, 3.05) is 47.5 Å². The SMILES string of the molecule is CCCCCCCC/C=C/CCCCCCCCCCCC(=O)O[C@H](COC(=O)CCCCCCCCCCCCC)COP(=O)([O-])OCC[N+](C)(C)C. The van der Waals surface area contributed by atoms with Crippen LogP contribution in [0.5, 0.6) is 0 Å². The molecule has 0 saturated heterocycles. The van der Waals surface area contributed by atoms with Gasteiger partial charge in [-0.15, -0.1) is 0 Å². The number of rotatable bonds is 41. The topological polar surface area (TPSA) is 111 Å². The van der Waals surface area contributed by atoms with Crippen LogP contribution in [-0.2, 0) is 32.7 Å². The lowest BCUT2D eigenvalue weighted by atomic mass is 10.1. The van der Waals surface area contributed by atoms with Gasteiger partial charge in [0.15, 0.2) is 6.10 Å². The van der Waals surface area contributed by atoms with Gasteiger partial charge in [0, 0.05) is 12.8 Å². The molecule has 0 aromatic carbocycles. The Morgan fingerprint density at radius 3 is 1.37 bits per heavy atom. The zero-order chi connectivity index (χ0) is 40.0. The van der Waals surface area contributed by atoms with Crippen molar-refractivity contribution >= 4 is 19.8 Å². The van der Waals surface area contributed by atoms with Gasteiger partial charge in [-0.3, -0.25) is 14.2 Å². The fraction of sp³-hybridized carbons (Fsp3) is 0.909. The minimum atomic E-state index is -4.62. The predicted octanol–water partition coefficient (Wildman–Crippen LogP) is 11.9. The molecule has 320 valence electrons. The van der Waals surface area contributed by atoms with Crippen LogP contribution in [0.2, 0.25) is 0 Å². The van der Waals surface area contributed by atoms with E-state index in [1.165, 1.54) is 135 Å². The number of unbranched alkanes of at least 4 members (excludes halogenated alkanes) is 25. The van der Waals surface area contributed by atoms with Crippen molar-refractivity contribution in [3.63, 3.8) is 0 Å². The second-order valence-corrected chi connectivity index (χ2v) is 17.8. The first kappa shape index (κ1) is 52.8. The minimum absolute atomic E-state index is 0.0281. The third-order valence-electron chi connectivity index (χ3n) is 9.79. The third-order valence-corrected chi connectivity index (χ3v) is 10.7. The summed E-state index contributed by atoms with van der Waals surface area (Å²) >= 11 is 0. The first-order valence-electron chi connectivity index (χ1n) is 22.4. The summed E-state index contributed by atoms with van der Waals surface area (Å²) in [6.45, 7) is 4.23. The molecule has 0 aromatic rings. The van der Waals surface area contributed by atoms with Crippen LogP contribution in [0.4, 0.5) is 0 Å². The van der Waals surface area contributed by atoms with Crippen LogP contribution in [-0.4, -0.2) is 70.0 Å². The second-order valence-electron chi connectivity index (χ2n) is 16.4. The molecule has 0 amide bonds. The summed E-state index contributed by atoms with van der Waals surface area (Å²) in [6.07, 6.45) is 38.0. The summed E-state index contributed by atoms with van der Waals surface area (Å²) in [5.74, 6) is -0.829. The number of likely N-dealkylation sites (N-methyl/N-ethyl adjacent to an activating group) is 1. The van der Waals surface area contributed by atoms with Gasteiger partial charge < -0.3 is 27.9 Å². The van der Waals surface area contributed by atoms with Crippen LogP contribution in [0.1, 0.15) is 206 Å². The van der Waals surface area contributed by atoms with Crippen LogP contribution < -0.4 is 4.89 Å². The summed E-state index contributed by atoms with van der Waals surface area (Å²) in [6, 6.07) is 0. The quantitative estimate of drug-likeness (QED) is 0.0198. The van der Waals surface area contributed by atoms with Gasteiger partial charge in [-0.05, 0) is 38.5 Å². The number of hydrogen-bond acceptors (Lipinski definition) is 8. The van der Waals surface area contributed by atoms with E-state index >= 15 is 0 Å². The maximum Gasteiger partial charge on any atom is 0.306 e. The van der Waals surface area contributed by atoms with E-state index in [0.29, 0.717) is 17.4 Å². The number of nitrogens with zero attached hydrogens (tertiary/aromatic N) is 1. The van der Waals surface area contributed by atoms with E-state index in [1.54, 1.807) is 0 Å². The molecule has 0 rings (SSSR count). The lowest BCUT2D eigenvalue weighted by Crippen LogP contribution is -2.37. The highest BCUT2D eigenvalue weighted by Crippen LogP contribution is 2.38. The van der Waals surface area contributed by atoms with E-state index in [2.05, 4.69) is 26.0 Å². The first-order chi connectivity index (χ1) is 26.0. The van der Waals surface area contributed by atoms with Crippen LogP contribution >= 0.6 is 7.82 Å². The maximum absolute atomic E-state index is 12.7. The molecule has 0 heterocycles. The number of hydrogen-bond donors (Lipinski definition) is 0. The fourth-order valence-corrected chi connectivity index (χ4v) is 6.97. The molecule has 0 bridgehead atoms. The average molecular weight is 788 g/mol. The molecule has 54 heavy (non-hydrogen) atoms. The van der Waals surface area contributed by atoms with E-state index in [9.17, 15) is 19.0 Å². The highest BCUT2D eigenvalue weighted by Gasteiger charge is 2.21. The Morgan fingerprint density at radius 2 is 0.944 bits per heavy atom. The molecule has 9 nitrogen and oxygen atoms in total. The number of phosphoric ester groups is 1. The van der Waals surface area contributed by atoms with E-state index in [4.69, 9.17) is 18.5 Å². The molecular formula is C44H86NO8P. The molecule has 1 unspecified atom stereocenters. The molecule has 0 radical (unpaired) electrons. The Morgan fingerprint density at radius 1 is 0.556 bits per heavy atom. The Bertz CT molecular complexity index is 938. The van der Waals surface area contributed by atoms with Crippen LogP contribution in [0.25, 0.3) is 0 Å². The van der Waals surface area contributed by atoms with Gasteiger partial charge in [0.25, 0.3) is 7.82 Å². The fourth-order valence-electron chi connectivity index (χ4n) is 6.24. The molecular weight excluding hydrogens is 701 g/mol. The molecule has 0 N–H and O–H groups in total. The third kappa shape index (κ3) is 40.4. The highest BCUT2D eigenvalue weighted by atomic mass is 31.2. The van der Waals surface area contributed by atoms with Gasteiger partial charge in [-0.2, -0.15) is 0 Å². The lowest BCUT2D eigenvalue weighted by Gasteiger charge is -2.28. The Hall–Kier alpha value is -1.25. The zero-order valence-electron chi connectivity index (χ0n) is 35.9. The van der Waals surface area contributed by atoms with Crippen molar-refractivity contribution < 1.29 is 42.1 Å². The van der Waals surface area contributed by atoms with Gasteiger partial charge in [0.2, 0.25) is 0 Å². The van der Waals surface area contributed by atoms with E-state index < -0.39 is 26.5 Å². The van der Waals surface area contributed by atoms with Crippen molar-refractivity contribution in [1.82, 2.24) is 0 Å². The smallest absolute Gasteiger partial charge is 0.306 e. The summed E-state index contributed by atoms with van der Waals surface area (Å²) in [4.78, 5) is 37.5. The summed E-state index contributed by atoms with van der Waals surface area (Å²) in [7, 11) is 1.17. The summed E-state index contributed by atoms with van der Waals surface area (Å²) in [5.41, 5.74) is 0. The summed E-state index contributed by atoms with van der Waals surface area (Å²) in [5, 5.41) is 0. The first-order valence-corrected chi connectivity index (χ1v) is 23.9. The summed E-state index contributed by atoms with van der Waals surface area (Å²) < 4.78 is 33.9. The monoisotopic (exact) mass is 788 g/mol. The largest absolute Gasteiger partial charge is 0.756 e. The molecule has 10 heteroatoms. The Balaban J connectivity index is 4.29. The number of phosphoric acid groups is 1. The number of quaternary nitrogens is 1. The Labute approximate surface area is 333 Å². The number of esters is 2. The molecule has 0 aromatic heterocycles. The zero-order valence-corrected chi connectivity index (χ0v) is 36.8. The normalized spacial score (nSPS) is 13.7. The number of carbonyl (C=O) groups is 2. The van der Waals surface area contributed by atoms with Crippen LogP contribution in [0.15, 0.2) is 12.2 Å². The minimum Gasteiger partial charge on any atom is -0.756 e. The molecule has 0 saturated carbocycles. The van der Waals surface area contributed by atoms with Crippen molar-refractivity contribution in [2.45, 2.75) is 213 Å². The van der Waals surface area contributed by atoms with Gasteiger partial charge in [0.05, 0.1) is 27.7 Å². The van der Waals surface area contributed by atoms with Crippen molar-refractivity contribution in [1.29, 1.82) is 0 Å². The van der Waals surface area contributed by atoms with Crippen molar-refractivity contribution in [3.05, 3.63) is 12.2 Å². The van der Waals surface area contributed by atoms with Crippen LogP contribution in [0, 0.1) is 0 Å². The molecule has 0 aliphatic carbocycles. The molecule has 0 fully saturated rings. The Kier molecular flexibility index (Phi) is 36.5. The number of allylic oxidation sites excluding steroid dienone is 2. The van der Waals surface area contributed by atoms with Crippen molar-refractivity contribution in [3.8, 4) is 0 Å². The number of carbonyl (C=O) groups excluding carboxylic acids is 2. The van der Waals surface area contributed by atoms with Crippen LogP contribution in [0.3, 0.4) is 0 Å². The van der Waals surface area contributed by atoms with E-state index in [-0.39, 0.29) is 32.0 Å². The molecule has 0 spiro atoms. The predicted molar refractivity (Wildman–Crippen MR) is 222 cm³/mol. The van der Waals surface area contributed by atoms with E-state index in [0.717, 1.165) is 38.5 Å². The lowest BCUT2D eigenvalue weighted by molar-refractivity contribution is -0.870. The highest BCUT2D eigenvalue weighted by molar-refractivity contribution is 7.45. The standard InChI is InChI=1S/C44H86NO8P/c1-6-8-10-12-14-16-18-19-20-21-22-23-24-25-27-29-31-33-35-37-44(47)53-42(41-52-54(48,49)51-39-38-45(3,4)5)40-50-43(46)36-34-32-30-28-26-17-15-13-11-9-7-2/h19-20,42H,6-18,21-41H2,1-5H3/b20-19+/t42-/m1/s1. The number of ether oxygens (including phenoxy) is 2.